The minimum Gasteiger partial charge on any atom is -0.495 e. The van der Waals surface area contributed by atoms with Crippen molar-refractivity contribution in [3.05, 3.63) is 47.5 Å². The van der Waals surface area contributed by atoms with Gasteiger partial charge in [0.2, 0.25) is 21.8 Å². The van der Waals surface area contributed by atoms with Gasteiger partial charge in [-0.15, -0.1) is 10.2 Å². The van der Waals surface area contributed by atoms with Gasteiger partial charge in [-0.2, -0.15) is 9.10 Å². The number of benzene rings is 2. The topological polar surface area (TPSA) is 119 Å². The monoisotopic (exact) mass is 490 g/mol. The predicted octanol–water partition coefficient (Wildman–Crippen LogP) is 2.82. The third-order valence-electron chi connectivity index (χ3n) is 5.20. The third-order valence-corrected chi connectivity index (χ3v) is 7.36. The van der Waals surface area contributed by atoms with E-state index in [1.54, 1.807) is 30.3 Å². The van der Waals surface area contributed by atoms with Crippen LogP contribution < -0.4 is 10.1 Å². The lowest BCUT2D eigenvalue weighted by Gasteiger charge is -2.26. The summed E-state index contributed by atoms with van der Waals surface area (Å²) in [6, 6.07) is 11.5. The number of methoxy groups -OCH3 is 1. The highest BCUT2D eigenvalue weighted by molar-refractivity contribution is 7.89. The SMILES string of the molecule is COc1ccc(NC(=O)Cn2nnc(-c3cccc(Cl)c3)n2)cc1S(=O)(=O)N1CCCCC1. The van der Waals surface area contributed by atoms with Crippen molar-refractivity contribution in [2.24, 2.45) is 0 Å². The van der Waals surface area contributed by atoms with Crippen LogP contribution in [0.25, 0.3) is 11.4 Å². The molecule has 174 valence electrons. The summed E-state index contributed by atoms with van der Waals surface area (Å²) >= 11 is 5.99. The van der Waals surface area contributed by atoms with Gasteiger partial charge in [0, 0.05) is 29.4 Å². The number of nitrogens with one attached hydrogen (secondary N) is 1. The number of carbonyl (C=O) groups is 1. The van der Waals surface area contributed by atoms with Crippen molar-refractivity contribution in [2.45, 2.75) is 30.7 Å². The molecule has 10 nitrogen and oxygen atoms in total. The highest BCUT2D eigenvalue weighted by atomic mass is 35.5. The molecule has 1 aromatic heterocycles. The van der Waals surface area contributed by atoms with E-state index in [4.69, 9.17) is 16.3 Å². The first kappa shape index (κ1) is 23.1. The maximum absolute atomic E-state index is 13.1. The van der Waals surface area contributed by atoms with E-state index in [1.807, 2.05) is 0 Å². The zero-order chi connectivity index (χ0) is 23.4. The van der Waals surface area contributed by atoms with Gasteiger partial charge in [0.05, 0.1) is 7.11 Å². The molecule has 33 heavy (non-hydrogen) atoms. The van der Waals surface area contributed by atoms with Crippen LogP contribution in [0.3, 0.4) is 0 Å². The number of piperidine rings is 1. The highest BCUT2D eigenvalue weighted by Crippen LogP contribution is 2.31. The van der Waals surface area contributed by atoms with Gasteiger partial charge in [0.15, 0.2) is 0 Å². The standard InChI is InChI=1S/C21H23ClN6O4S/c1-32-18-9-8-17(13-19(18)33(30,31)27-10-3-2-4-11-27)23-20(29)14-28-25-21(24-26-28)15-6-5-7-16(22)12-15/h5-9,12-13H,2-4,10-11,14H2,1H3,(H,23,29). The fourth-order valence-electron chi connectivity index (χ4n) is 3.58. The van der Waals surface area contributed by atoms with Crippen LogP contribution in [0.15, 0.2) is 47.4 Å². The molecule has 0 saturated carbocycles. The van der Waals surface area contributed by atoms with Crippen molar-refractivity contribution in [1.29, 1.82) is 0 Å². The molecule has 0 unspecified atom stereocenters. The number of sulfonamides is 1. The largest absolute Gasteiger partial charge is 0.495 e. The average molecular weight is 491 g/mol. The first-order valence-corrected chi connectivity index (χ1v) is 12.2. The van der Waals surface area contributed by atoms with Gasteiger partial charge in [-0.1, -0.05) is 30.2 Å². The van der Waals surface area contributed by atoms with E-state index in [9.17, 15) is 13.2 Å². The van der Waals surface area contributed by atoms with E-state index in [1.165, 1.54) is 23.5 Å². The molecule has 0 spiro atoms. The molecule has 0 radical (unpaired) electrons. The van der Waals surface area contributed by atoms with Gasteiger partial charge in [-0.3, -0.25) is 4.79 Å². The molecule has 1 aliphatic heterocycles. The van der Waals surface area contributed by atoms with Gasteiger partial charge < -0.3 is 10.1 Å². The van der Waals surface area contributed by atoms with Crippen LogP contribution in [0.2, 0.25) is 5.02 Å². The second-order valence-corrected chi connectivity index (χ2v) is 9.88. The Bertz CT molecular complexity index is 1260. The van der Waals surface area contributed by atoms with Crippen molar-refractivity contribution >= 4 is 33.2 Å². The first-order chi connectivity index (χ1) is 15.9. The van der Waals surface area contributed by atoms with Crippen LogP contribution in [0.4, 0.5) is 5.69 Å². The van der Waals surface area contributed by atoms with Crippen molar-refractivity contribution in [2.75, 3.05) is 25.5 Å². The molecule has 1 fully saturated rings. The number of tetrazole rings is 1. The molecular formula is C21H23ClN6O4S. The van der Waals surface area contributed by atoms with Gasteiger partial charge in [-0.05, 0) is 48.4 Å². The van der Waals surface area contributed by atoms with Gasteiger partial charge >= 0.3 is 0 Å². The van der Waals surface area contributed by atoms with Crippen molar-refractivity contribution < 1.29 is 17.9 Å². The molecule has 1 saturated heterocycles. The van der Waals surface area contributed by atoms with E-state index in [0.29, 0.717) is 35.2 Å². The van der Waals surface area contributed by atoms with E-state index in [2.05, 4.69) is 20.7 Å². The van der Waals surface area contributed by atoms with Gasteiger partial charge in [0.25, 0.3) is 0 Å². The van der Waals surface area contributed by atoms with Crippen LogP contribution in [0.5, 0.6) is 5.75 Å². The molecule has 0 atom stereocenters. The molecule has 1 aliphatic rings. The smallest absolute Gasteiger partial charge is 0.248 e. The lowest BCUT2D eigenvalue weighted by atomic mass is 10.2. The molecular weight excluding hydrogens is 468 g/mol. The van der Waals surface area contributed by atoms with E-state index in [-0.39, 0.29) is 17.2 Å². The summed E-state index contributed by atoms with van der Waals surface area (Å²) in [5.41, 5.74) is 1.00. The van der Waals surface area contributed by atoms with E-state index >= 15 is 0 Å². The summed E-state index contributed by atoms with van der Waals surface area (Å²) in [5, 5.41) is 15.3. The maximum atomic E-state index is 13.1. The van der Waals surface area contributed by atoms with Crippen LogP contribution in [0.1, 0.15) is 19.3 Å². The minimum absolute atomic E-state index is 0.0202. The number of anilines is 1. The predicted molar refractivity (Wildman–Crippen MR) is 122 cm³/mol. The molecule has 2 heterocycles. The Kier molecular flexibility index (Phi) is 6.91. The Morgan fingerprint density at radius 1 is 1.15 bits per heavy atom. The third kappa shape index (κ3) is 5.32. The fourth-order valence-corrected chi connectivity index (χ4v) is 5.47. The number of aromatic nitrogens is 4. The molecule has 12 heteroatoms. The van der Waals surface area contributed by atoms with Crippen LogP contribution in [-0.4, -0.2) is 59.0 Å². The summed E-state index contributed by atoms with van der Waals surface area (Å²) in [6.45, 7) is 0.734. The number of rotatable bonds is 7. The quantitative estimate of drug-likeness (QED) is 0.540. The normalized spacial score (nSPS) is 14.7. The van der Waals surface area contributed by atoms with Gasteiger partial charge in [0.1, 0.15) is 17.2 Å². The number of nitrogens with zero attached hydrogens (tertiary/aromatic N) is 5. The number of amides is 1. The Morgan fingerprint density at radius 3 is 2.67 bits per heavy atom. The summed E-state index contributed by atoms with van der Waals surface area (Å²) in [6.07, 6.45) is 2.65. The Labute approximate surface area is 196 Å². The maximum Gasteiger partial charge on any atom is 0.248 e. The molecule has 0 aliphatic carbocycles. The Hall–Kier alpha value is -3.02. The Morgan fingerprint density at radius 2 is 1.94 bits per heavy atom. The Balaban J connectivity index is 1.49. The van der Waals surface area contributed by atoms with E-state index < -0.39 is 15.9 Å². The second-order valence-electron chi connectivity index (χ2n) is 7.53. The second kappa shape index (κ2) is 9.86. The number of halogens is 1. The molecule has 4 rings (SSSR count). The zero-order valence-electron chi connectivity index (χ0n) is 17.9. The minimum atomic E-state index is -3.75. The van der Waals surface area contributed by atoms with E-state index in [0.717, 1.165) is 24.1 Å². The number of hydrogen-bond acceptors (Lipinski definition) is 7. The highest BCUT2D eigenvalue weighted by Gasteiger charge is 2.29. The van der Waals surface area contributed by atoms with Gasteiger partial charge in [-0.25, -0.2) is 8.42 Å². The zero-order valence-corrected chi connectivity index (χ0v) is 19.5. The summed E-state index contributed by atoms with van der Waals surface area (Å²) in [4.78, 5) is 13.7. The van der Waals surface area contributed by atoms with Crippen molar-refractivity contribution in [3.63, 3.8) is 0 Å². The number of hydrogen-bond donors (Lipinski definition) is 1. The molecule has 1 amide bonds. The summed E-state index contributed by atoms with van der Waals surface area (Å²) in [5.74, 6) is 0.129. The van der Waals surface area contributed by atoms with Crippen LogP contribution in [0, 0.1) is 0 Å². The average Bonchev–Trinajstić information content (AvgIpc) is 3.28. The lowest BCUT2D eigenvalue weighted by Crippen LogP contribution is -2.35. The summed E-state index contributed by atoms with van der Waals surface area (Å²) in [7, 11) is -2.33. The molecule has 2 aromatic carbocycles. The van der Waals surface area contributed by atoms with Crippen LogP contribution >= 0.6 is 11.6 Å². The fraction of sp³-hybridized carbons (Fsp3) is 0.333. The van der Waals surface area contributed by atoms with Crippen LogP contribution in [-0.2, 0) is 21.4 Å². The molecule has 3 aromatic rings. The van der Waals surface area contributed by atoms with Crippen molar-refractivity contribution in [1.82, 2.24) is 24.5 Å². The molecule has 1 N–H and O–H groups in total. The number of ether oxygens (including phenoxy) is 1. The molecule has 0 bridgehead atoms. The lowest BCUT2D eigenvalue weighted by molar-refractivity contribution is -0.117. The summed E-state index contributed by atoms with van der Waals surface area (Å²) < 4.78 is 33.0. The number of carbonyl (C=O) groups excluding carboxylic acids is 1. The van der Waals surface area contributed by atoms with Crippen molar-refractivity contribution in [3.8, 4) is 17.1 Å². The first-order valence-electron chi connectivity index (χ1n) is 10.4.